The molecule has 0 radical (unpaired) electrons. The zero-order valence-corrected chi connectivity index (χ0v) is 10.8. The summed E-state index contributed by atoms with van der Waals surface area (Å²) in [6.45, 7) is 3.94. The number of nitrogens with two attached hydrogens (primary N) is 1. The molecule has 0 aliphatic carbocycles. The van der Waals surface area contributed by atoms with Gasteiger partial charge >= 0.3 is 5.97 Å². The maximum absolute atomic E-state index is 11.2. The van der Waals surface area contributed by atoms with E-state index in [0.717, 1.165) is 25.7 Å². The lowest BCUT2D eigenvalue weighted by molar-refractivity contribution is -0.146. The van der Waals surface area contributed by atoms with E-state index in [0.29, 0.717) is 6.61 Å². The van der Waals surface area contributed by atoms with Crippen LogP contribution >= 0.6 is 12.4 Å². The molecule has 0 aliphatic rings. The Balaban J connectivity index is 0. The van der Waals surface area contributed by atoms with E-state index in [-0.39, 0.29) is 24.6 Å². The highest BCUT2D eigenvalue weighted by Gasteiger charge is 2.16. The highest BCUT2D eigenvalue weighted by Crippen LogP contribution is 2.00. The molecule has 0 heterocycles. The van der Waals surface area contributed by atoms with Crippen molar-refractivity contribution in [3.63, 3.8) is 0 Å². The van der Waals surface area contributed by atoms with Crippen molar-refractivity contribution in [1.29, 1.82) is 0 Å². The molecule has 0 saturated carbocycles. The Bertz CT molecular complexity index is 209. The number of unbranched alkanes of at least 4 members (excludes halogenated alkanes) is 3. The molecule has 0 spiro atoms. The number of hydrogen-bond donors (Lipinski definition) is 1. The molecule has 0 amide bonds. The van der Waals surface area contributed by atoms with Crippen LogP contribution in [0.5, 0.6) is 0 Å². The third kappa shape index (κ3) is 9.93. The Hall–Kier alpha value is -0.610. The molecule has 16 heavy (non-hydrogen) atoms. The first-order chi connectivity index (χ1) is 7.07. The van der Waals surface area contributed by atoms with Gasteiger partial charge in [0.2, 0.25) is 0 Å². The summed E-state index contributed by atoms with van der Waals surface area (Å²) in [5, 5.41) is 0. The van der Waals surface area contributed by atoms with E-state index in [2.05, 4.69) is 6.92 Å². The Morgan fingerprint density at radius 2 is 1.88 bits per heavy atom. The van der Waals surface area contributed by atoms with Crippen LogP contribution in [0.2, 0.25) is 0 Å². The van der Waals surface area contributed by atoms with Gasteiger partial charge in [0.25, 0.3) is 0 Å². The maximum Gasteiger partial charge on any atom is 0.323 e. The second-order valence-electron chi connectivity index (χ2n) is 3.74. The zero-order valence-electron chi connectivity index (χ0n) is 10.0. The van der Waals surface area contributed by atoms with E-state index in [1.807, 2.05) is 0 Å². The minimum atomic E-state index is -0.798. The van der Waals surface area contributed by atoms with E-state index < -0.39 is 12.0 Å². The Morgan fingerprint density at radius 1 is 1.25 bits per heavy atom. The lowest BCUT2D eigenvalue weighted by Crippen LogP contribution is -2.34. The molecule has 0 aromatic rings. The van der Waals surface area contributed by atoms with Gasteiger partial charge in [-0.25, -0.2) is 0 Å². The summed E-state index contributed by atoms with van der Waals surface area (Å²) < 4.78 is 4.94. The van der Waals surface area contributed by atoms with Crippen molar-refractivity contribution in [2.75, 3.05) is 6.61 Å². The lowest BCUT2D eigenvalue weighted by atomic mass is 10.2. The number of hydrogen-bond acceptors (Lipinski definition) is 4. The van der Waals surface area contributed by atoms with Gasteiger partial charge in [0.05, 0.1) is 6.61 Å². The second-order valence-corrected chi connectivity index (χ2v) is 3.74. The molecular formula is C11H22ClNO3. The Kier molecular flexibility index (Phi) is 12.1. The van der Waals surface area contributed by atoms with E-state index in [4.69, 9.17) is 10.5 Å². The highest BCUT2D eigenvalue weighted by atomic mass is 35.5. The van der Waals surface area contributed by atoms with Crippen molar-refractivity contribution in [1.82, 2.24) is 0 Å². The SMILES string of the molecule is CCCCCCOC(=O)C(N)CC(C)=O.Cl. The summed E-state index contributed by atoms with van der Waals surface area (Å²) in [7, 11) is 0. The van der Waals surface area contributed by atoms with Crippen LogP contribution in [0.15, 0.2) is 0 Å². The third-order valence-corrected chi connectivity index (χ3v) is 2.05. The Labute approximate surface area is 103 Å². The average Bonchev–Trinajstić information content (AvgIpc) is 2.16. The largest absolute Gasteiger partial charge is 0.465 e. The minimum Gasteiger partial charge on any atom is -0.465 e. The number of rotatable bonds is 8. The third-order valence-electron chi connectivity index (χ3n) is 2.05. The molecule has 4 nitrogen and oxygen atoms in total. The Morgan fingerprint density at radius 3 is 2.38 bits per heavy atom. The van der Waals surface area contributed by atoms with Crippen LogP contribution in [0.4, 0.5) is 0 Å². The normalized spacial score (nSPS) is 11.4. The van der Waals surface area contributed by atoms with Crippen LogP contribution in [0.3, 0.4) is 0 Å². The van der Waals surface area contributed by atoms with E-state index in [9.17, 15) is 9.59 Å². The number of Topliss-reactive ketones (excluding diaryl/α,β-unsaturated/α-hetero) is 1. The van der Waals surface area contributed by atoms with E-state index in [1.165, 1.54) is 6.92 Å². The summed E-state index contributed by atoms with van der Waals surface area (Å²) >= 11 is 0. The minimum absolute atomic E-state index is 0. The number of carbonyl (C=O) groups is 2. The first-order valence-electron chi connectivity index (χ1n) is 5.49. The topological polar surface area (TPSA) is 69.4 Å². The first-order valence-corrected chi connectivity index (χ1v) is 5.49. The van der Waals surface area contributed by atoms with Gasteiger partial charge in [0.15, 0.2) is 0 Å². The van der Waals surface area contributed by atoms with E-state index >= 15 is 0 Å². The van der Waals surface area contributed by atoms with Crippen molar-refractivity contribution in [2.45, 2.75) is 52.0 Å². The maximum atomic E-state index is 11.2. The summed E-state index contributed by atoms with van der Waals surface area (Å²) in [6, 6.07) is -0.798. The fourth-order valence-electron chi connectivity index (χ4n) is 1.20. The summed E-state index contributed by atoms with van der Waals surface area (Å²) in [5.74, 6) is -0.563. The summed E-state index contributed by atoms with van der Waals surface area (Å²) in [4.78, 5) is 21.9. The van der Waals surface area contributed by atoms with Crippen molar-refractivity contribution in [3.05, 3.63) is 0 Å². The van der Waals surface area contributed by atoms with Gasteiger partial charge in [-0.3, -0.25) is 9.59 Å². The van der Waals surface area contributed by atoms with Crippen LogP contribution < -0.4 is 5.73 Å². The fourth-order valence-corrected chi connectivity index (χ4v) is 1.20. The number of carbonyl (C=O) groups excluding carboxylic acids is 2. The predicted molar refractivity (Wildman–Crippen MR) is 65.6 cm³/mol. The lowest BCUT2D eigenvalue weighted by Gasteiger charge is -2.09. The molecule has 0 aromatic heterocycles. The van der Waals surface area contributed by atoms with Gasteiger partial charge in [0.1, 0.15) is 11.8 Å². The summed E-state index contributed by atoms with van der Waals surface area (Å²) in [6.07, 6.45) is 4.29. The van der Waals surface area contributed by atoms with Crippen molar-refractivity contribution < 1.29 is 14.3 Å². The highest BCUT2D eigenvalue weighted by molar-refractivity contribution is 5.85. The molecule has 0 rings (SSSR count). The number of esters is 1. The molecular weight excluding hydrogens is 230 g/mol. The van der Waals surface area contributed by atoms with Crippen LogP contribution in [0.25, 0.3) is 0 Å². The molecule has 0 aromatic carbocycles. The van der Waals surface area contributed by atoms with Crippen molar-refractivity contribution in [2.24, 2.45) is 5.73 Å². The van der Waals surface area contributed by atoms with Crippen molar-refractivity contribution in [3.8, 4) is 0 Å². The van der Waals surface area contributed by atoms with Crippen LogP contribution in [-0.2, 0) is 14.3 Å². The number of halogens is 1. The van der Waals surface area contributed by atoms with Gasteiger partial charge in [-0.1, -0.05) is 26.2 Å². The molecule has 0 saturated heterocycles. The van der Waals surface area contributed by atoms with Crippen molar-refractivity contribution >= 4 is 24.2 Å². The summed E-state index contributed by atoms with van der Waals surface area (Å²) in [5.41, 5.74) is 5.46. The smallest absolute Gasteiger partial charge is 0.323 e. The molecule has 5 heteroatoms. The predicted octanol–water partition coefficient (Wildman–Crippen LogP) is 1.84. The molecule has 2 N–H and O–H groups in total. The van der Waals surface area contributed by atoms with Gasteiger partial charge in [-0.05, 0) is 13.3 Å². The van der Waals surface area contributed by atoms with Crippen LogP contribution in [-0.4, -0.2) is 24.4 Å². The quantitative estimate of drug-likeness (QED) is 0.528. The molecule has 0 aliphatic heterocycles. The van der Waals surface area contributed by atoms with Crippen LogP contribution in [0.1, 0.15) is 46.0 Å². The van der Waals surface area contributed by atoms with Gasteiger partial charge < -0.3 is 10.5 Å². The first kappa shape index (κ1) is 17.8. The standard InChI is InChI=1S/C11H21NO3.ClH/c1-3-4-5-6-7-15-11(14)10(12)8-9(2)13;/h10H,3-8,12H2,1-2H3;1H. The second kappa shape index (κ2) is 10.9. The monoisotopic (exact) mass is 251 g/mol. The van der Waals surface area contributed by atoms with Gasteiger partial charge in [-0.2, -0.15) is 0 Å². The zero-order chi connectivity index (χ0) is 11.7. The average molecular weight is 252 g/mol. The van der Waals surface area contributed by atoms with Gasteiger partial charge in [0, 0.05) is 6.42 Å². The van der Waals surface area contributed by atoms with E-state index in [1.54, 1.807) is 0 Å². The number of ether oxygens (including phenoxy) is 1. The molecule has 1 unspecified atom stereocenters. The molecule has 0 fully saturated rings. The molecule has 96 valence electrons. The van der Waals surface area contributed by atoms with Crippen LogP contribution in [0, 0.1) is 0 Å². The fraction of sp³-hybridized carbons (Fsp3) is 0.818. The van der Waals surface area contributed by atoms with Gasteiger partial charge in [-0.15, -0.1) is 12.4 Å². The molecule has 1 atom stereocenters. The molecule has 0 bridgehead atoms. The number of ketones is 1.